The van der Waals surface area contributed by atoms with Crippen LogP contribution in [0, 0.1) is 6.92 Å². The third kappa shape index (κ3) is 3.63. The number of carbonyl (C=O) groups excluding carboxylic acids is 3. The lowest BCUT2D eigenvalue weighted by molar-refractivity contribution is -0.159. The SMILES string of the molecule is CC(=O)N1CCC[C@@H]1C(=O)O[C@H](C)C(=O)Nc1cc(C)on1. The van der Waals surface area contributed by atoms with Crippen LogP contribution in [0.3, 0.4) is 0 Å². The minimum atomic E-state index is -0.987. The number of nitrogens with zero attached hydrogens (tertiary/aromatic N) is 2. The first-order valence-electron chi connectivity index (χ1n) is 7.10. The predicted octanol–water partition coefficient (Wildman–Crippen LogP) is 0.864. The highest BCUT2D eigenvalue weighted by molar-refractivity contribution is 5.95. The van der Waals surface area contributed by atoms with E-state index in [0.717, 1.165) is 6.42 Å². The summed E-state index contributed by atoms with van der Waals surface area (Å²) in [7, 11) is 0. The van der Waals surface area contributed by atoms with Crippen LogP contribution in [0.4, 0.5) is 5.82 Å². The fourth-order valence-corrected chi connectivity index (χ4v) is 2.35. The predicted molar refractivity (Wildman–Crippen MR) is 75.8 cm³/mol. The number of likely N-dealkylation sites (tertiary alicyclic amines) is 1. The van der Waals surface area contributed by atoms with Crippen LogP contribution in [-0.2, 0) is 19.1 Å². The number of anilines is 1. The van der Waals surface area contributed by atoms with E-state index in [1.807, 2.05) is 0 Å². The van der Waals surface area contributed by atoms with Crippen LogP contribution in [0.25, 0.3) is 0 Å². The summed E-state index contributed by atoms with van der Waals surface area (Å²) in [5, 5.41) is 6.12. The van der Waals surface area contributed by atoms with E-state index < -0.39 is 24.0 Å². The van der Waals surface area contributed by atoms with E-state index in [9.17, 15) is 14.4 Å². The largest absolute Gasteiger partial charge is 0.451 e. The Kier molecular flexibility index (Phi) is 4.79. The van der Waals surface area contributed by atoms with Crippen LogP contribution in [0.1, 0.15) is 32.4 Å². The number of hydrogen-bond acceptors (Lipinski definition) is 6. The average molecular weight is 309 g/mol. The number of esters is 1. The molecular weight excluding hydrogens is 290 g/mol. The zero-order valence-electron chi connectivity index (χ0n) is 12.8. The summed E-state index contributed by atoms with van der Waals surface area (Å²) in [6, 6.07) is 0.947. The Morgan fingerprint density at radius 2 is 2.23 bits per heavy atom. The second-order valence-corrected chi connectivity index (χ2v) is 5.26. The van der Waals surface area contributed by atoms with Gasteiger partial charge in [-0.2, -0.15) is 0 Å². The number of carbonyl (C=O) groups is 3. The number of nitrogens with one attached hydrogen (secondary N) is 1. The van der Waals surface area contributed by atoms with Crippen LogP contribution in [0.2, 0.25) is 0 Å². The van der Waals surface area contributed by atoms with Crippen LogP contribution in [-0.4, -0.2) is 46.5 Å². The second-order valence-electron chi connectivity index (χ2n) is 5.26. The van der Waals surface area contributed by atoms with Gasteiger partial charge in [0.2, 0.25) is 5.91 Å². The molecule has 2 heterocycles. The second kappa shape index (κ2) is 6.59. The molecule has 120 valence electrons. The molecule has 2 atom stereocenters. The van der Waals surface area contributed by atoms with Crippen molar-refractivity contribution in [2.75, 3.05) is 11.9 Å². The van der Waals surface area contributed by atoms with Gasteiger partial charge < -0.3 is 19.5 Å². The first kappa shape index (κ1) is 16.0. The van der Waals surface area contributed by atoms with Crippen molar-refractivity contribution in [1.29, 1.82) is 0 Å². The zero-order valence-corrected chi connectivity index (χ0v) is 12.8. The van der Waals surface area contributed by atoms with Gasteiger partial charge in [0, 0.05) is 19.5 Å². The zero-order chi connectivity index (χ0) is 16.3. The molecule has 1 N–H and O–H groups in total. The van der Waals surface area contributed by atoms with Gasteiger partial charge in [-0.05, 0) is 26.7 Å². The maximum Gasteiger partial charge on any atom is 0.329 e. The third-order valence-corrected chi connectivity index (χ3v) is 3.47. The van der Waals surface area contributed by atoms with E-state index in [2.05, 4.69) is 10.5 Å². The fraction of sp³-hybridized carbons (Fsp3) is 0.571. The minimum absolute atomic E-state index is 0.172. The highest BCUT2D eigenvalue weighted by Crippen LogP contribution is 2.19. The summed E-state index contributed by atoms with van der Waals surface area (Å²) >= 11 is 0. The number of aromatic nitrogens is 1. The average Bonchev–Trinajstić information content (AvgIpc) is 3.07. The number of amides is 2. The summed E-state index contributed by atoms with van der Waals surface area (Å²) < 4.78 is 9.98. The van der Waals surface area contributed by atoms with Crippen molar-refractivity contribution >= 4 is 23.6 Å². The molecule has 0 saturated carbocycles. The Morgan fingerprint density at radius 1 is 1.50 bits per heavy atom. The Bertz CT molecular complexity index is 583. The lowest BCUT2D eigenvalue weighted by Gasteiger charge is -2.23. The van der Waals surface area contributed by atoms with E-state index in [1.165, 1.54) is 18.7 Å². The van der Waals surface area contributed by atoms with Crippen molar-refractivity contribution in [2.45, 2.75) is 45.8 Å². The molecule has 0 radical (unpaired) electrons. The van der Waals surface area contributed by atoms with E-state index in [-0.39, 0.29) is 11.7 Å². The normalized spacial score (nSPS) is 18.9. The molecule has 2 amide bonds. The highest BCUT2D eigenvalue weighted by atomic mass is 16.5. The van der Waals surface area contributed by atoms with Gasteiger partial charge in [-0.3, -0.25) is 9.59 Å². The molecule has 22 heavy (non-hydrogen) atoms. The molecule has 1 saturated heterocycles. The Labute approximate surface area is 127 Å². The van der Waals surface area contributed by atoms with Gasteiger partial charge in [0.25, 0.3) is 5.91 Å². The number of ether oxygens (including phenoxy) is 1. The monoisotopic (exact) mass is 309 g/mol. The smallest absolute Gasteiger partial charge is 0.329 e. The van der Waals surface area contributed by atoms with Crippen molar-refractivity contribution in [3.63, 3.8) is 0 Å². The van der Waals surface area contributed by atoms with Crippen LogP contribution in [0.15, 0.2) is 10.6 Å². The molecule has 8 heteroatoms. The molecule has 0 aromatic carbocycles. The van der Waals surface area contributed by atoms with E-state index >= 15 is 0 Å². The molecule has 1 aliphatic rings. The van der Waals surface area contributed by atoms with Crippen LogP contribution >= 0.6 is 0 Å². The summed E-state index contributed by atoms with van der Waals surface area (Å²) in [5.74, 6) is -0.421. The van der Waals surface area contributed by atoms with Gasteiger partial charge in [-0.15, -0.1) is 0 Å². The van der Waals surface area contributed by atoms with Crippen molar-refractivity contribution in [3.05, 3.63) is 11.8 Å². The standard InChI is InChI=1S/C14H19N3O5/c1-8-7-12(16-22-8)15-13(19)9(2)21-14(20)11-5-4-6-17(11)10(3)18/h7,9,11H,4-6H2,1-3H3,(H,15,16,19)/t9-,11-/m1/s1. The molecule has 1 aromatic heterocycles. The fourth-order valence-electron chi connectivity index (χ4n) is 2.35. The summed E-state index contributed by atoms with van der Waals surface area (Å²) in [6.07, 6.45) is 0.312. The molecule has 0 aliphatic carbocycles. The maximum absolute atomic E-state index is 12.1. The summed E-state index contributed by atoms with van der Waals surface area (Å²) in [5.41, 5.74) is 0. The van der Waals surface area contributed by atoms with Gasteiger partial charge in [0.1, 0.15) is 11.8 Å². The molecule has 1 fully saturated rings. The van der Waals surface area contributed by atoms with Crippen molar-refractivity contribution in [2.24, 2.45) is 0 Å². The molecule has 0 spiro atoms. The maximum atomic E-state index is 12.1. The van der Waals surface area contributed by atoms with E-state index in [4.69, 9.17) is 9.26 Å². The minimum Gasteiger partial charge on any atom is -0.451 e. The van der Waals surface area contributed by atoms with Crippen LogP contribution in [0.5, 0.6) is 0 Å². The molecule has 1 aliphatic heterocycles. The first-order chi connectivity index (χ1) is 10.4. The molecular formula is C14H19N3O5. The van der Waals surface area contributed by atoms with Crippen LogP contribution < -0.4 is 5.32 Å². The van der Waals surface area contributed by atoms with E-state index in [0.29, 0.717) is 18.7 Å². The highest BCUT2D eigenvalue weighted by Gasteiger charge is 2.35. The van der Waals surface area contributed by atoms with Gasteiger partial charge >= 0.3 is 5.97 Å². The van der Waals surface area contributed by atoms with E-state index in [1.54, 1.807) is 13.0 Å². The van der Waals surface area contributed by atoms with Gasteiger partial charge in [0.05, 0.1) is 0 Å². The van der Waals surface area contributed by atoms with Gasteiger partial charge in [-0.25, -0.2) is 4.79 Å². The first-order valence-corrected chi connectivity index (χ1v) is 7.10. The number of aryl methyl sites for hydroxylation is 1. The van der Waals surface area contributed by atoms with Gasteiger partial charge in [0.15, 0.2) is 11.9 Å². The van der Waals surface area contributed by atoms with Gasteiger partial charge in [-0.1, -0.05) is 5.16 Å². The topological polar surface area (TPSA) is 102 Å². The lowest BCUT2D eigenvalue weighted by atomic mass is 10.2. The Balaban J connectivity index is 1.90. The third-order valence-electron chi connectivity index (χ3n) is 3.47. The lowest BCUT2D eigenvalue weighted by Crippen LogP contribution is -2.42. The molecule has 2 rings (SSSR count). The van der Waals surface area contributed by atoms with Crippen molar-refractivity contribution < 1.29 is 23.6 Å². The van der Waals surface area contributed by atoms with Crippen molar-refractivity contribution in [3.8, 4) is 0 Å². The molecule has 0 unspecified atom stereocenters. The quantitative estimate of drug-likeness (QED) is 0.828. The summed E-state index contributed by atoms with van der Waals surface area (Å²) in [6.45, 7) is 5.11. The number of rotatable bonds is 4. The molecule has 1 aromatic rings. The molecule has 0 bridgehead atoms. The Morgan fingerprint density at radius 3 is 2.82 bits per heavy atom. The van der Waals surface area contributed by atoms with Crippen molar-refractivity contribution in [1.82, 2.24) is 10.1 Å². The molecule has 8 nitrogen and oxygen atoms in total. The summed E-state index contributed by atoms with van der Waals surface area (Å²) in [4.78, 5) is 36.9. The Hall–Kier alpha value is -2.38. The number of hydrogen-bond donors (Lipinski definition) is 1.